The fourth-order valence-electron chi connectivity index (χ4n) is 2.35. The molecule has 0 fully saturated rings. The van der Waals surface area contributed by atoms with Gasteiger partial charge in [0.25, 0.3) is 5.69 Å². The molecule has 0 spiro atoms. The molecule has 7 nitrogen and oxygen atoms in total. The maximum Gasteiger partial charge on any atom is 0.269 e. The van der Waals surface area contributed by atoms with Gasteiger partial charge in [-0.25, -0.2) is 0 Å². The molecule has 2 rings (SSSR count). The summed E-state index contributed by atoms with van der Waals surface area (Å²) in [5.74, 6) is -0.116. The Bertz CT molecular complexity index is 752. The van der Waals surface area contributed by atoms with Crippen molar-refractivity contribution < 1.29 is 9.72 Å². The maximum atomic E-state index is 11.9. The van der Waals surface area contributed by atoms with E-state index in [9.17, 15) is 14.9 Å². The summed E-state index contributed by atoms with van der Waals surface area (Å²) >= 11 is 6.14. The lowest BCUT2D eigenvalue weighted by molar-refractivity contribution is -0.384. The van der Waals surface area contributed by atoms with Gasteiger partial charge in [-0.15, -0.1) is 0 Å². The van der Waals surface area contributed by atoms with Crippen LogP contribution in [-0.4, -0.2) is 30.5 Å². The number of nitrogens with one attached hydrogen (secondary N) is 3. The van der Waals surface area contributed by atoms with Crippen molar-refractivity contribution >= 4 is 28.9 Å². The van der Waals surface area contributed by atoms with Gasteiger partial charge in [-0.1, -0.05) is 29.8 Å². The maximum absolute atomic E-state index is 11.9. The van der Waals surface area contributed by atoms with Crippen molar-refractivity contribution in [1.82, 2.24) is 10.6 Å². The molecule has 1 amide bonds. The lowest BCUT2D eigenvalue weighted by Crippen LogP contribution is -2.37. The van der Waals surface area contributed by atoms with E-state index in [1.165, 1.54) is 12.1 Å². The highest BCUT2D eigenvalue weighted by Crippen LogP contribution is 2.21. The van der Waals surface area contributed by atoms with E-state index in [0.29, 0.717) is 18.1 Å². The van der Waals surface area contributed by atoms with E-state index in [1.807, 2.05) is 31.2 Å². The van der Waals surface area contributed by atoms with Crippen molar-refractivity contribution in [2.24, 2.45) is 0 Å². The van der Waals surface area contributed by atoms with Gasteiger partial charge in [-0.3, -0.25) is 14.9 Å². The number of nitro benzene ring substituents is 1. The summed E-state index contributed by atoms with van der Waals surface area (Å²) in [7, 11) is 0. The summed E-state index contributed by atoms with van der Waals surface area (Å²) in [6, 6.07) is 13.6. The quantitative estimate of drug-likeness (QED) is 0.355. The van der Waals surface area contributed by atoms with Gasteiger partial charge in [0.2, 0.25) is 5.91 Å². The van der Waals surface area contributed by atoms with E-state index in [1.54, 1.807) is 12.1 Å². The van der Waals surface area contributed by atoms with Crippen molar-refractivity contribution in [3.63, 3.8) is 0 Å². The summed E-state index contributed by atoms with van der Waals surface area (Å²) in [6.45, 7) is 3.09. The van der Waals surface area contributed by atoms with Gasteiger partial charge in [0.1, 0.15) is 0 Å². The standard InChI is InChI=1S/C18H21ClN4O3/c1-13(16-4-2-3-5-17(16)19)22-12-18(24)21-11-10-20-14-6-8-15(9-7-14)23(25)26/h2-9,13,20,22H,10-12H2,1H3,(H,21,24)/t13-/m0/s1. The van der Waals surface area contributed by atoms with Crippen LogP contribution in [0.4, 0.5) is 11.4 Å². The van der Waals surface area contributed by atoms with Gasteiger partial charge in [0.15, 0.2) is 0 Å². The smallest absolute Gasteiger partial charge is 0.269 e. The van der Waals surface area contributed by atoms with E-state index in [-0.39, 0.29) is 24.2 Å². The van der Waals surface area contributed by atoms with Crippen LogP contribution in [0.25, 0.3) is 0 Å². The van der Waals surface area contributed by atoms with Gasteiger partial charge >= 0.3 is 0 Å². The van der Waals surface area contributed by atoms with E-state index in [0.717, 1.165) is 11.3 Å². The van der Waals surface area contributed by atoms with Crippen molar-refractivity contribution in [2.45, 2.75) is 13.0 Å². The van der Waals surface area contributed by atoms with Crippen LogP contribution in [0.5, 0.6) is 0 Å². The average Bonchev–Trinajstić information content (AvgIpc) is 2.64. The lowest BCUT2D eigenvalue weighted by Gasteiger charge is -2.15. The Kier molecular flexibility index (Phi) is 7.37. The SMILES string of the molecule is C[C@H](NCC(=O)NCCNc1ccc([N+](=O)[O-])cc1)c1ccccc1Cl. The number of carbonyl (C=O) groups excluding carboxylic acids is 1. The number of non-ortho nitro benzene ring substituents is 1. The zero-order valence-electron chi connectivity index (χ0n) is 14.4. The number of nitro groups is 1. The van der Waals surface area contributed by atoms with E-state index in [2.05, 4.69) is 16.0 Å². The Labute approximate surface area is 156 Å². The molecule has 0 saturated heterocycles. The van der Waals surface area contributed by atoms with Crippen LogP contribution in [0.1, 0.15) is 18.5 Å². The fraction of sp³-hybridized carbons (Fsp3) is 0.278. The van der Waals surface area contributed by atoms with Crippen molar-refractivity contribution in [3.05, 3.63) is 69.2 Å². The first-order valence-corrected chi connectivity index (χ1v) is 8.58. The molecular formula is C18H21ClN4O3. The molecule has 0 bridgehead atoms. The van der Waals surface area contributed by atoms with Gasteiger partial charge < -0.3 is 16.0 Å². The second kappa shape index (κ2) is 9.74. The number of carbonyl (C=O) groups is 1. The first-order chi connectivity index (χ1) is 12.5. The molecule has 0 aliphatic rings. The molecule has 0 heterocycles. The summed E-state index contributed by atoms with van der Waals surface area (Å²) < 4.78 is 0. The first kappa shape index (κ1) is 19.7. The minimum absolute atomic E-state index is 0.0346. The van der Waals surface area contributed by atoms with Crippen LogP contribution >= 0.6 is 11.6 Å². The predicted molar refractivity (Wildman–Crippen MR) is 102 cm³/mol. The Hall–Kier alpha value is -2.64. The molecule has 0 aliphatic carbocycles. The molecule has 0 saturated carbocycles. The highest BCUT2D eigenvalue weighted by molar-refractivity contribution is 6.31. The zero-order chi connectivity index (χ0) is 18.9. The number of anilines is 1. The molecule has 0 radical (unpaired) electrons. The van der Waals surface area contributed by atoms with Gasteiger partial charge in [-0.05, 0) is 30.7 Å². The van der Waals surface area contributed by atoms with Crippen molar-refractivity contribution in [3.8, 4) is 0 Å². The Morgan fingerprint density at radius 3 is 2.50 bits per heavy atom. The van der Waals surface area contributed by atoms with Crippen molar-refractivity contribution in [1.29, 1.82) is 0 Å². The third-order valence-electron chi connectivity index (χ3n) is 3.79. The number of rotatable bonds is 9. The Balaban J connectivity index is 1.66. The fourth-order valence-corrected chi connectivity index (χ4v) is 2.65. The minimum Gasteiger partial charge on any atom is -0.383 e. The van der Waals surface area contributed by atoms with E-state index < -0.39 is 4.92 Å². The molecule has 0 aromatic heterocycles. The highest BCUT2D eigenvalue weighted by atomic mass is 35.5. The Morgan fingerprint density at radius 2 is 1.85 bits per heavy atom. The lowest BCUT2D eigenvalue weighted by atomic mass is 10.1. The van der Waals surface area contributed by atoms with Gasteiger partial charge in [0, 0.05) is 42.0 Å². The molecular weight excluding hydrogens is 356 g/mol. The van der Waals surface area contributed by atoms with Crippen LogP contribution < -0.4 is 16.0 Å². The molecule has 138 valence electrons. The molecule has 0 unspecified atom stereocenters. The third-order valence-corrected chi connectivity index (χ3v) is 4.14. The summed E-state index contributed by atoms with van der Waals surface area (Å²) in [4.78, 5) is 22.0. The molecule has 1 atom stereocenters. The number of amides is 1. The molecule has 26 heavy (non-hydrogen) atoms. The minimum atomic E-state index is -0.444. The van der Waals surface area contributed by atoms with Gasteiger partial charge in [-0.2, -0.15) is 0 Å². The number of nitrogens with zero attached hydrogens (tertiary/aromatic N) is 1. The predicted octanol–water partition coefficient (Wildman–Crippen LogP) is 3.13. The molecule has 2 aromatic rings. The summed E-state index contributed by atoms with van der Waals surface area (Å²) in [6.07, 6.45) is 0. The third kappa shape index (κ3) is 6.02. The van der Waals surface area contributed by atoms with Crippen LogP contribution in [0.3, 0.4) is 0 Å². The van der Waals surface area contributed by atoms with Crippen LogP contribution in [-0.2, 0) is 4.79 Å². The summed E-state index contributed by atoms with van der Waals surface area (Å²) in [5.41, 5.74) is 1.75. The normalized spacial score (nSPS) is 11.6. The molecule has 3 N–H and O–H groups in total. The molecule has 2 aromatic carbocycles. The number of hydrogen-bond acceptors (Lipinski definition) is 5. The first-order valence-electron chi connectivity index (χ1n) is 8.20. The van der Waals surface area contributed by atoms with E-state index >= 15 is 0 Å². The Morgan fingerprint density at radius 1 is 1.15 bits per heavy atom. The summed E-state index contributed by atoms with van der Waals surface area (Å²) in [5, 5.41) is 20.3. The number of benzene rings is 2. The van der Waals surface area contributed by atoms with Crippen LogP contribution in [0.2, 0.25) is 5.02 Å². The van der Waals surface area contributed by atoms with Crippen molar-refractivity contribution in [2.75, 3.05) is 25.0 Å². The van der Waals surface area contributed by atoms with Crippen LogP contribution in [0.15, 0.2) is 48.5 Å². The second-order valence-electron chi connectivity index (χ2n) is 5.70. The number of hydrogen-bond donors (Lipinski definition) is 3. The molecule has 8 heteroatoms. The highest BCUT2D eigenvalue weighted by Gasteiger charge is 2.10. The average molecular weight is 377 g/mol. The van der Waals surface area contributed by atoms with Crippen LogP contribution in [0, 0.1) is 10.1 Å². The van der Waals surface area contributed by atoms with Gasteiger partial charge in [0.05, 0.1) is 11.5 Å². The van der Waals surface area contributed by atoms with E-state index in [4.69, 9.17) is 11.6 Å². The number of halogens is 1. The molecule has 0 aliphatic heterocycles. The zero-order valence-corrected chi connectivity index (χ0v) is 15.1. The second-order valence-corrected chi connectivity index (χ2v) is 6.11. The largest absolute Gasteiger partial charge is 0.383 e. The topological polar surface area (TPSA) is 96.3 Å². The monoisotopic (exact) mass is 376 g/mol.